The molecule has 0 aliphatic heterocycles. The summed E-state index contributed by atoms with van der Waals surface area (Å²) >= 11 is 8.87. The molecule has 1 aromatic carbocycles. The van der Waals surface area contributed by atoms with Crippen LogP contribution in [0, 0.1) is 0 Å². The van der Waals surface area contributed by atoms with Gasteiger partial charge in [-0.15, -0.1) is 0 Å². The normalized spacial score (nSPS) is 15.2. The van der Waals surface area contributed by atoms with Crippen molar-refractivity contribution in [1.29, 1.82) is 0 Å². The summed E-state index contributed by atoms with van der Waals surface area (Å²) in [7, 11) is 0. The monoisotopic (exact) mass is 603 g/mol. The average Bonchev–Trinajstić information content (AvgIpc) is 2.71. The maximum Gasteiger partial charge on any atom is 0.393 e. The van der Waals surface area contributed by atoms with Crippen molar-refractivity contribution in [3.05, 3.63) is 34.9 Å². The molecule has 1 N–H and O–H groups in total. The van der Waals surface area contributed by atoms with Gasteiger partial charge < -0.3 is 5.32 Å². The van der Waals surface area contributed by atoms with Crippen LogP contribution in [0.5, 0.6) is 0 Å². The second-order valence-electron chi connectivity index (χ2n) is 6.83. The van der Waals surface area contributed by atoms with Crippen LogP contribution >= 0.6 is 23.2 Å². The van der Waals surface area contributed by atoms with Gasteiger partial charge in [0, 0.05) is 11.6 Å². The molecule has 1 rings (SSSR count). The molecule has 0 aliphatic rings. The van der Waals surface area contributed by atoms with Gasteiger partial charge in [0.05, 0.1) is 0 Å². The summed E-state index contributed by atoms with van der Waals surface area (Å²) in [5.74, 6) is -60.5. The van der Waals surface area contributed by atoms with Gasteiger partial charge in [-0.3, -0.25) is 4.79 Å². The van der Waals surface area contributed by atoms with Gasteiger partial charge in [0.15, 0.2) is 0 Å². The molecule has 0 aromatic heterocycles. The van der Waals surface area contributed by atoms with E-state index >= 15 is 0 Å². The summed E-state index contributed by atoms with van der Waals surface area (Å²) in [6.45, 7) is -1.21. The fourth-order valence-electron chi connectivity index (χ4n) is 2.20. The number of carbonyl (C=O) groups is 1. The predicted molar refractivity (Wildman–Crippen MR) is 88.7 cm³/mol. The van der Waals surface area contributed by atoms with Crippen molar-refractivity contribution in [2.75, 3.05) is 0 Å². The lowest BCUT2D eigenvalue weighted by Gasteiger charge is -2.42. The Hall–Kier alpha value is -1.85. The molecule has 0 fully saturated rings. The molecule has 0 atom stereocenters. The number of halogens is 18. The number of rotatable bonds is 10. The Kier molecular flexibility index (Phi) is 8.19. The lowest BCUT2D eigenvalue weighted by atomic mass is 9.89. The van der Waals surface area contributed by atoms with E-state index in [9.17, 15) is 75.0 Å². The molecule has 0 unspecified atom stereocenters. The predicted octanol–water partition coefficient (Wildman–Crippen LogP) is 7.23. The molecule has 1 amide bonds. The zero-order chi connectivity index (χ0) is 29.0. The van der Waals surface area contributed by atoms with E-state index in [1.54, 1.807) is 0 Å². The molecule has 0 radical (unpaired) electrons. The van der Waals surface area contributed by atoms with E-state index in [1.165, 1.54) is 0 Å². The van der Waals surface area contributed by atoms with E-state index in [-0.39, 0.29) is 10.6 Å². The van der Waals surface area contributed by atoms with Gasteiger partial charge in [0.1, 0.15) is 0 Å². The molecule has 0 heterocycles. The molecule has 0 bridgehead atoms. The summed E-state index contributed by atoms with van der Waals surface area (Å²) in [6.07, 6.45) is 0. The highest BCUT2D eigenvalue weighted by Crippen LogP contribution is 2.64. The third kappa shape index (κ3) is 4.62. The first-order valence-corrected chi connectivity index (χ1v) is 9.14. The van der Waals surface area contributed by atoms with Crippen LogP contribution in [0.1, 0.15) is 5.56 Å². The van der Waals surface area contributed by atoms with Crippen LogP contribution in [0.15, 0.2) is 24.3 Å². The van der Waals surface area contributed by atoms with Gasteiger partial charge in [0.2, 0.25) is 0 Å². The minimum atomic E-state index is -8.63. The zero-order valence-electron chi connectivity index (χ0n) is 16.2. The SMILES string of the molecule is O=C(NCc1ccc(Cl)cc1)C(F)(F)C(F)(F)C(F)(F)C(F)(F)C(F)(F)C(F)(F)C(F)(F)C(F)(F)Cl. The standard InChI is InChI=1S/C16H7Cl2F16NO/c17-7-3-1-6(2-4-7)5-35-8(36)9(19,20)10(21,22)11(23,24)12(25,26)13(27,28)14(29,30)15(31,32)16(18,33)34/h1-4H,5H2,(H,35,36). The van der Waals surface area contributed by atoms with Crippen LogP contribution < -0.4 is 5.32 Å². The Balaban J connectivity index is 3.45. The van der Waals surface area contributed by atoms with E-state index < -0.39 is 59.3 Å². The lowest BCUT2D eigenvalue weighted by molar-refractivity contribution is -0.446. The highest BCUT2D eigenvalue weighted by atomic mass is 35.5. The average molecular weight is 604 g/mol. The minimum Gasteiger partial charge on any atom is -0.347 e. The van der Waals surface area contributed by atoms with Crippen LogP contribution in [0.4, 0.5) is 70.2 Å². The Morgan fingerprint density at radius 2 is 0.944 bits per heavy atom. The van der Waals surface area contributed by atoms with Gasteiger partial charge in [-0.2, -0.15) is 70.2 Å². The second-order valence-corrected chi connectivity index (χ2v) is 7.74. The fourth-order valence-corrected chi connectivity index (χ4v) is 2.45. The fraction of sp³-hybridized carbons (Fsp3) is 0.562. The van der Waals surface area contributed by atoms with Crippen LogP contribution in [0.25, 0.3) is 0 Å². The summed E-state index contributed by atoms with van der Waals surface area (Å²) in [4.78, 5) is 11.3. The summed E-state index contributed by atoms with van der Waals surface area (Å²) in [5.41, 5.74) is -0.251. The van der Waals surface area contributed by atoms with E-state index in [0.29, 0.717) is 0 Å². The molecule has 36 heavy (non-hydrogen) atoms. The number of benzene rings is 1. The smallest absolute Gasteiger partial charge is 0.347 e. The Bertz CT molecular complexity index is 958. The van der Waals surface area contributed by atoms with Gasteiger partial charge in [-0.25, -0.2) is 0 Å². The van der Waals surface area contributed by atoms with Crippen molar-refractivity contribution in [2.24, 2.45) is 0 Å². The largest absolute Gasteiger partial charge is 0.393 e. The minimum absolute atomic E-state index is 0.0130. The number of carbonyl (C=O) groups excluding carboxylic acids is 1. The third-order valence-corrected chi connectivity index (χ3v) is 4.86. The molecule has 2 nitrogen and oxygen atoms in total. The van der Waals surface area contributed by atoms with Crippen molar-refractivity contribution >= 4 is 29.1 Å². The molecule has 0 saturated heterocycles. The van der Waals surface area contributed by atoms with Crippen LogP contribution in [0.2, 0.25) is 5.02 Å². The van der Waals surface area contributed by atoms with Crippen molar-refractivity contribution in [2.45, 2.75) is 53.4 Å². The Morgan fingerprint density at radius 3 is 1.31 bits per heavy atom. The maximum absolute atomic E-state index is 13.8. The van der Waals surface area contributed by atoms with E-state index in [2.05, 4.69) is 11.6 Å². The van der Waals surface area contributed by atoms with Gasteiger partial charge in [-0.1, -0.05) is 23.7 Å². The van der Waals surface area contributed by atoms with Gasteiger partial charge in [0.25, 0.3) is 5.91 Å². The number of hydrogen-bond donors (Lipinski definition) is 1. The first kappa shape index (κ1) is 32.2. The molecular formula is C16H7Cl2F16NO. The van der Waals surface area contributed by atoms with Crippen LogP contribution in [-0.2, 0) is 11.3 Å². The topological polar surface area (TPSA) is 29.1 Å². The first-order chi connectivity index (χ1) is 15.6. The Labute approximate surface area is 198 Å². The number of hydrogen-bond acceptors (Lipinski definition) is 1. The van der Waals surface area contributed by atoms with Crippen molar-refractivity contribution < 1.29 is 75.0 Å². The molecule has 1 aromatic rings. The zero-order valence-corrected chi connectivity index (χ0v) is 17.7. The second kappa shape index (κ2) is 9.16. The summed E-state index contributed by atoms with van der Waals surface area (Å²) < 4.78 is 214. The van der Waals surface area contributed by atoms with Crippen molar-refractivity contribution in [3.63, 3.8) is 0 Å². The van der Waals surface area contributed by atoms with E-state index in [0.717, 1.165) is 29.6 Å². The molecule has 208 valence electrons. The molecular weight excluding hydrogens is 597 g/mol. The number of nitrogens with one attached hydrogen (secondary N) is 1. The number of alkyl halides is 17. The van der Waals surface area contributed by atoms with Crippen LogP contribution in [0.3, 0.4) is 0 Å². The summed E-state index contributed by atoms with van der Waals surface area (Å²) in [6, 6.07) is 3.95. The molecule has 20 heteroatoms. The summed E-state index contributed by atoms with van der Waals surface area (Å²) in [5, 5.41) is -6.01. The molecule has 0 aliphatic carbocycles. The molecule has 0 saturated carbocycles. The number of amides is 1. The van der Waals surface area contributed by atoms with Gasteiger partial charge >= 0.3 is 46.8 Å². The highest BCUT2D eigenvalue weighted by molar-refractivity contribution is 6.30. The highest BCUT2D eigenvalue weighted by Gasteiger charge is 2.95. The third-order valence-electron chi connectivity index (χ3n) is 4.37. The van der Waals surface area contributed by atoms with Crippen LogP contribution in [-0.4, -0.2) is 52.7 Å². The quantitative estimate of drug-likeness (QED) is 0.222. The van der Waals surface area contributed by atoms with E-state index in [1.807, 2.05) is 0 Å². The van der Waals surface area contributed by atoms with Crippen molar-refractivity contribution in [1.82, 2.24) is 5.32 Å². The maximum atomic E-state index is 13.8. The Morgan fingerprint density at radius 1 is 0.611 bits per heavy atom. The first-order valence-electron chi connectivity index (χ1n) is 8.38. The molecule has 0 spiro atoms. The van der Waals surface area contributed by atoms with Crippen molar-refractivity contribution in [3.8, 4) is 0 Å². The van der Waals surface area contributed by atoms with Gasteiger partial charge in [-0.05, 0) is 29.3 Å². The lowest BCUT2D eigenvalue weighted by Crippen LogP contribution is -2.75. The van der Waals surface area contributed by atoms with E-state index in [4.69, 9.17) is 11.6 Å².